The highest BCUT2D eigenvalue weighted by Crippen LogP contribution is 2.18. The standard InChI is InChI=1S/C20H25F2NO4/c1-3-25-17-8-10-18(11-9-17)26-14-16(24)13-23(2)12-15-4-6-19(7-5-15)27-20(21)22/h4-11,16,20,24H,3,12-14H2,1-2H3. The molecule has 1 N–H and O–H groups in total. The van der Waals surface area contributed by atoms with E-state index >= 15 is 0 Å². The lowest BCUT2D eigenvalue weighted by atomic mass is 10.2. The van der Waals surface area contributed by atoms with E-state index in [0.717, 1.165) is 11.3 Å². The van der Waals surface area contributed by atoms with Crippen molar-refractivity contribution in [1.29, 1.82) is 0 Å². The monoisotopic (exact) mass is 381 g/mol. The second-order valence-electron chi connectivity index (χ2n) is 6.09. The molecule has 0 fully saturated rings. The van der Waals surface area contributed by atoms with Crippen molar-refractivity contribution < 1.29 is 28.1 Å². The van der Waals surface area contributed by atoms with Crippen molar-refractivity contribution in [3.05, 3.63) is 54.1 Å². The van der Waals surface area contributed by atoms with Crippen LogP contribution in [0.25, 0.3) is 0 Å². The van der Waals surface area contributed by atoms with Crippen LogP contribution < -0.4 is 14.2 Å². The van der Waals surface area contributed by atoms with Gasteiger partial charge in [-0.25, -0.2) is 0 Å². The predicted molar refractivity (Wildman–Crippen MR) is 98.5 cm³/mol. The summed E-state index contributed by atoms with van der Waals surface area (Å²) in [6.07, 6.45) is -0.664. The first-order valence-electron chi connectivity index (χ1n) is 8.72. The minimum atomic E-state index is -2.83. The molecule has 0 aromatic heterocycles. The number of rotatable bonds is 11. The van der Waals surface area contributed by atoms with Gasteiger partial charge in [-0.3, -0.25) is 4.90 Å². The SMILES string of the molecule is CCOc1ccc(OCC(O)CN(C)Cc2ccc(OC(F)F)cc2)cc1. The molecule has 1 atom stereocenters. The van der Waals surface area contributed by atoms with E-state index in [4.69, 9.17) is 9.47 Å². The first-order valence-corrected chi connectivity index (χ1v) is 8.72. The minimum absolute atomic E-state index is 0.125. The third-order valence-electron chi connectivity index (χ3n) is 3.70. The molecule has 0 heterocycles. The maximum atomic E-state index is 12.1. The second kappa shape index (κ2) is 10.7. The van der Waals surface area contributed by atoms with E-state index in [9.17, 15) is 13.9 Å². The summed E-state index contributed by atoms with van der Waals surface area (Å²) in [5.74, 6) is 1.56. The van der Waals surface area contributed by atoms with E-state index < -0.39 is 12.7 Å². The Morgan fingerprint density at radius 3 is 2.04 bits per heavy atom. The van der Waals surface area contributed by atoms with Crippen LogP contribution >= 0.6 is 0 Å². The molecule has 0 saturated heterocycles. The number of hydrogen-bond donors (Lipinski definition) is 1. The molecule has 2 aromatic carbocycles. The van der Waals surface area contributed by atoms with E-state index in [1.54, 1.807) is 24.3 Å². The lowest BCUT2D eigenvalue weighted by Crippen LogP contribution is -2.32. The zero-order valence-corrected chi connectivity index (χ0v) is 15.5. The minimum Gasteiger partial charge on any atom is -0.494 e. The van der Waals surface area contributed by atoms with Gasteiger partial charge in [0, 0.05) is 13.1 Å². The molecule has 2 rings (SSSR count). The molecule has 0 aliphatic rings. The molecule has 0 aliphatic carbocycles. The number of hydrogen-bond acceptors (Lipinski definition) is 5. The van der Waals surface area contributed by atoms with E-state index in [1.165, 1.54) is 12.1 Å². The highest BCUT2D eigenvalue weighted by Gasteiger charge is 2.11. The number of alkyl halides is 2. The lowest BCUT2D eigenvalue weighted by Gasteiger charge is -2.21. The Balaban J connectivity index is 1.73. The molecule has 2 aromatic rings. The molecule has 0 aliphatic heterocycles. The number of aliphatic hydroxyl groups is 1. The zero-order valence-electron chi connectivity index (χ0n) is 15.5. The van der Waals surface area contributed by atoms with Gasteiger partial charge in [-0.15, -0.1) is 0 Å². The fourth-order valence-corrected chi connectivity index (χ4v) is 2.56. The van der Waals surface area contributed by atoms with Gasteiger partial charge in [0.15, 0.2) is 0 Å². The maximum Gasteiger partial charge on any atom is 0.387 e. The summed E-state index contributed by atoms with van der Waals surface area (Å²) >= 11 is 0. The Morgan fingerprint density at radius 2 is 1.48 bits per heavy atom. The van der Waals surface area contributed by atoms with Gasteiger partial charge in [0.25, 0.3) is 0 Å². The van der Waals surface area contributed by atoms with Gasteiger partial charge < -0.3 is 19.3 Å². The van der Waals surface area contributed by atoms with Crippen LogP contribution in [0.2, 0.25) is 0 Å². The first kappa shape index (κ1) is 20.9. The van der Waals surface area contributed by atoms with Crippen LogP contribution in [0.15, 0.2) is 48.5 Å². The Morgan fingerprint density at radius 1 is 0.926 bits per heavy atom. The van der Waals surface area contributed by atoms with Crippen molar-refractivity contribution in [2.45, 2.75) is 26.2 Å². The van der Waals surface area contributed by atoms with E-state index in [1.807, 2.05) is 31.0 Å². The molecule has 1 unspecified atom stereocenters. The van der Waals surface area contributed by atoms with Crippen molar-refractivity contribution >= 4 is 0 Å². The van der Waals surface area contributed by atoms with Crippen LogP contribution in [-0.4, -0.2) is 49.5 Å². The average molecular weight is 381 g/mol. The highest BCUT2D eigenvalue weighted by atomic mass is 19.3. The molecule has 0 radical (unpaired) electrons. The number of halogens is 2. The molecule has 0 amide bonds. The Hall–Kier alpha value is -2.38. The molecule has 7 heteroatoms. The number of benzene rings is 2. The van der Waals surface area contributed by atoms with Crippen molar-refractivity contribution in [3.63, 3.8) is 0 Å². The van der Waals surface area contributed by atoms with Crippen LogP contribution in [0.5, 0.6) is 17.2 Å². The summed E-state index contributed by atoms with van der Waals surface area (Å²) in [5, 5.41) is 10.1. The smallest absolute Gasteiger partial charge is 0.387 e. The van der Waals surface area contributed by atoms with E-state index in [-0.39, 0.29) is 12.4 Å². The number of aliphatic hydroxyl groups excluding tert-OH is 1. The van der Waals surface area contributed by atoms with Gasteiger partial charge in [-0.05, 0) is 55.9 Å². The highest BCUT2D eigenvalue weighted by molar-refractivity contribution is 5.31. The maximum absolute atomic E-state index is 12.1. The Kier molecular flexibility index (Phi) is 8.29. The van der Waals surface area contributed by atoms with E-state index in [2.05, 4.69) is 4.74 Å². The second-order valence-corrected chi connectivity index (χ2v) is 6.09. The van der Waals surface area contributed by atoms with Crippen LogP contribution in [0.4, 0.5) is 8.78 Å². The summed E-state index contributed by atoms with van der Waals surface area (Å²) in [5.41, 5.74) is 0.929. The number of likely N-dealkylation sites (N-methyl/N-ethyl adjacent to an activating group) is 1. The predicted octanol–water partition coefficient (Wildman–Crippen LogP) is 3.56. The molecule has 0 spiro atoms. The normalized spacial score (nSPS) is 12.3. The Bertz CT molecular complexity index is 665. The van der Waals surface area contributed by atoms with Crippen molar-refractivity contribution in [2.24, 2.45) is 0 Å². The summed E-state index contributed by atoms with van der Waals surface area (Å²) in [4.78, 5) is 1.93. The quantitative estimate of drug-likeness (QED) is 0.645. The average Bonchev–Trinajstić information content (AvgIpc) is 2.62. The van der Waals surface area contributed by atoms with E-state index in [0.29, 0.717) is 25.4 Å². The summed E-state index contributed by atoms with van der Waals surface area (Å²) in [7, 11) is 1.86. The topological polar surface area (TPSA) is 51.2 Å². The van der Waals surface area contributed by atoms with Gasteiger partial charge in [-0.1, -0.05) is 12.1 Å². The Labute approximate surface area is 158 Å². The van der Waals surface area contributed by atoms with Crippen LogP contribution in [0.3, 0.4) is 0 Å². The lowest BCUT2D eigenvalue weighted by molar-refractivity contribution is -0.0498. The molecule has 0 saturated carbocycles. The summed E-state index contributed by atoms with van der Waals surface area (Å²) in [6, 6.07) is 13.7. The third-order valence-corrected chi connectivity index (χ3v) is 3.70. The number of ether oxygens (including phenoxy) is 3. The van der Waals surface area contributed by atoms with Gasteiger partial charge in [0.2, 0.25) is 0 Å². The van der Waals surface area contributed by atoms with Crippen LogP contribution in [0, 0.1) is 0 Å². The van der Waals surface area contributed by atoms with Gasteiger partial charge >= 0.3 is 6.61 Å². The van der Waals surface area contributed by atoms with Crippen LogP contribution in [0.1, 0.15) is 12.5 Å². The summed E-state index contributed by atoms with van der Waals surface area (Å²) < 4.78 is 39.6. The molecule has 148 valence electrons. The van der Waals surface area contributed by atoms with Gasteiger partial charge in [0.1, 0.15) is 30.0 Å². The third kappa shape index (κ3) is 7.80. The molecule has 5 nitrogen and oxygen atoms in total. The van der Waals surface area contributed by atoms with Gasteiger partial charge in [0.05, 0.1) is 6.61 Å². The fourth-order valence-electron chi connectivity index (χ4n) is 2.56. The number of nitrogens with zero attached hydrogens (tertiary/aromatic N) is 1. The molecule has 0 bridgehead atoms. The van der Waals surface area contributed by atoms with Crippen molar-refractivity contribution in [3.8, 4) is 17.2 Å². The first-order chi connectivity index (χ1) is 13.0. The fraction of sp³-hybridized carbons (Fsp3) is 0.400. The van der Waals surface area contributed by atoms with Crippen molar-refractivity contribution in [1.82, 2.24) is 4.90 Å². The largest absolute Gasteiger partial charge is 0.494 e. The van der Waals surface area contributed by atoms with Gasteiger partial charge in [-0.2, -0.15) is 8.78 Å². The molecular weight excluding hydrogens is 356 g/mol. The molecular formula is C20H25F2NO4. The van der Waals surface area contributed by atoms with Crippen molar-refractivity contribution in [2.75, 3.05) is 26.8 Å². The van der Waals surface area contributed by atoms with Crippen LogP contribution in [-0.2, 0) is 6.54 Å². The summed E-state index contributed by atoms with van der Waals surface area (Å²) in [6.45, 7) is 0.834. The zero-order chi connectivity index (χ0) is 19.6. The molecule has 27 heavy (non-hydrogen) atoms.